The number of rotatable bonds is 3. The predicted octanol–water partition coefficient (Wildman–Crippen LogP) is 1.32. The Bertz CT molecular complexity index is 458. The Labute approximate surface area is 107 Å². The Kier molecular flexibility index (Phi) is 4.32. The Morgan fingerprint density at radius 1 is 1.50 bits per heavy atom. The number of nitrogens with one attached hydrogen (secondary N) is 2. The second-order valence-electron chi connectivity index (χ2n) is 4.53. The van der Waals surface area contributed by atoms with Gasteiger partial charge in [0, 0.05) is 6.54 Å². The fraction of sp³-hybridized carbons (Fsp3) is 0.429. The summed E-state index contributed by atoms with van der Waals surface area (Å²) in [6.45, 7) is 1.40. The van der Waals surface area contributed by atoms with Gasteiger partial charge in [-0.15, -0.1) is 0 Å². The fourth-order valence-corrected chi connectivity index (χ4v) is 2.14. The van der Waals surface area contributed by atoms with Crippen LogP contribution in [0.5, 0.6) is 0 Å². The lowest BCUT2D eigenvalue weighted by Crippen LogP contribution is -2.46. The number of benzene rings is 1. The van der Waals surface area contributed by atoms with Crippen molar-refractivity contribution in [3.63, 3.8) is 0 Å². The van der Waals surface area contributed by atoms with Crippen molar-refractivity contribution in [1.82, 2.24) is 10.6 Å². The molecule has 1 aliphatic heterocycles. The number of amides is 1. The maximum atomic E-state index is 11.9. The van der Waals surface area contributed by atoms with Crippen LogP contribution in [0.15, 0.2) is 24.3 Å². The molecule has 2 N–H and O–H groups in total. The Hall–Kier alpha value is -1.86. The van der Waals surface area contributed by atoms with E-state index in [1.807, 2.05) is 12.1 Å². The molecule has 18 heavy (non-hydrogen) atoms. The smallest absolute Gasteiger partial charge is 0.237 e. The normalized spacial score (nSPS) is 18.9. The van der Waals surface area contributed by atoms with Crippen molar-refractivity contribution < 1.29 is 4.79 Å². The van der Waals surface area contributed by atoms with Crippen LogP contribution in [0, 0.1) is 11.3 Å². The average Bonchev–Trinajstić information content (AvgIpc) is 2.46. The Morgan fingerprint density at radius 2 is 2.39 bits per heavy atom. The molecule has 0 bridgehead atoms. The summed E-state index contributed by atoms with van der Waals surface area (Å²) in [7, 11) is 0. The van der Waals surface area contributed by atoms with E-state index in [-0.39, 0.29) is 11.9 Å². The van der Waals surface area contributed by atoms with E-state index >= 15 is 0 Å². The van der Waals surface area contributed by atoms with Crippen LogP contribution < -0.4 is 10.6 Å². The van der Waals surface area contributed by atoms with E-state index in [1.165, 1.54) is 0 Å². The number of nitrogens with zero attached hydrogens (tertiary/aromatic N) is 1. The van der Waals surface area contributed by atoms with Crippen LogP contribution in [0.3, 0.4) is 0 Å². The fourth-order valence-electron chi connectivity index (χ4n) is 2.14. The van der Waals surface area contributed by atoms with Crippen LogP contribution in [0.4, 0.5) is 0 Å². The van der Waals surface area contributed by atoms with E-state index in [0.29, 0.717) is 12.1 Å². The molecule has 4 heteroatoms. The summed E-state index contributed by atoms with van der Waals surface area (Å²) in [5.74, 6) is 0.0528. The molecule has 0 unspecified atom stereocenters. The molecule has 0 radical (unpaired) electrons. The molecular formula is C14H17N3O. The molecule has 1 saturated heterocycles. The monoisotopic (exact) mass is 243 g/mol. The van der Waals surface area contributed by atoms with Crippen molar-refractivity contribution in [2.45, 2.75) is 31.8 Å². The minimum absolute atomic E-state index is 0.0528. The van der Waals surface area contributed by atoms with Crippen LogP contribution in [-0.4, -0.2) is 18.5 Å². The molecule has 1 fully saturated rings. The van der Waals surface area contributed by atoms with E-state index < -0.39 is 0 Å². The molecule has 4 nitrogen and oxygen atoms in total. The summed E-state index contributed by atoms with van der Waals surface area (Å²) in [4.78, 5) is 11.9. The second-order valence-corrected chi connectivity index (χ2v) is 4.53. The summed E-state index contributed by atoms with van der Waals surface area (Å²) in [6.07, 6.45) is 3.16. The molecule has 1 aromatic carbocycles. The molecule has 1 amide bonds. The van der Waals surface area contributed by atoms with Crippen LogP contribution in [-0.2, 0) is 11.3 Å². The van der Waals surface area contributed by atoms with Gasteiger partial charge in [0.25, 0.3) is 0 Å². The van der Waals surface area contributed by atoms with Crippen molar-refractivity contribution in [2.75, 3.05) is 6.54 Å². The zero-order valence-corrected chi connectivity index (χ0v) is 10.3. The maximum absolute atomic E-state index is 11.9. The van der Waals surface area contributed by atoms with Crippen LogP contribution >= 0.6 is 0 Å². The quantitative estimate of drug-likeness (QED) is 0.841. The van der Waals surface area contributed by atoms with Crippen molar-refractivity contribution in [2.24, 2.45) is 0 Å². The number of piperidine rings is 1. The molecular weight excluding hydrogens is 226 g/mol. The largest absolute Gasteiger partial charge is 0.351 e. The predicted molar refractivity (Wildman–Crippen MR) is 68.6 cm³/mol. The van der Waals surface area contributed by atoms with Gasteiger partial charge in [-0.2, -0.15) is 5.26 Å². The lowest BCUT2D eigenvalue weighted by atomic mass is 10.0. The van der Waals surface area contributed by atoms with Gasteiger partial charge >= 0.3 is 0 Å². The third-order valence-electron chi connectivity index (χ3n) is 3.15. The molecule has 94 valence electrons. The molecule has 0 spiro atoms. The Morgan fingerprint density at radius 3 is 3.11 bits per heavy atom. The van der Waals surface area contributed by atoms with E-state index in [9.17, 15) is 4.79 Å². The van der Waals surface area contributed by atoms with E-state index in [4.69, 9.17) is 5.26 Å². The van der Waals surface area contributed by atoms with Gasteiger partial charge in [0.05, 0.1) is 17.7 Å². The van der Waals surface area contributed by atoms with Gasteiger partial charge < -0.3 is 10.6 Å². The number of carbonyl (C=O) groups excluding carboxylic acids is 1. The topological polar surface area (TPSA) is 64.9 Å². The van der Waals surface area contributed by atoms with E-state index in [0.717, 1.165) is 31.4 Å². The zero-order valence-electron chi connectivity index (χ0n) is 10.3. The minimum Gasteiger partial charge on any atom is -0.351 e. The first-order valence-electron chi connectivity index (χ1n) is 6.30. The van der Waals surface area contributed by atoms with Gasteiger partial charge in [0.15, 0.2) is 0 Å². The standard InChI is InChI=1S/C14H17N3O/c15-9-11-4-3-5-12(8-11)10-17-14(18)13-6-1-2-7-16-13/h3-5,8,13,16H,1-2,6-7,10H2,(H,17,18)/t13-/m1/s1. The van der Waals surface area contributed by atoms with Crippen molar-refractivity contribution in [3.8, 4) is 6.07 Å². The van der Waals surface area contributed by atoms with Crippen molar-refractivity contribution >= 4 is 5.91 Å². The van der Waals surface area contributed by atoms with Gasteiger partial charge in [-0.1, -0.05) is 18.6 Å². The van der Waals surface area contributed by atoms with Crippen LogP contribution in [0.1, 0.15) is 30.4 Å². The lowest BCUT2D eigenvalue weighted by molar-refractivity contribution is -0.123. The lowest BCUT2D eigenvalue weighted by Gasteiger charge is -2.22. The number of nitriles is 1. The SMILES string of the molecule is N#Cc1cccc(CNC(=O)[C@H]2CCCCN2)c1. The Balaban J connectivity index is 1.86. The molecule has 1 aliphatic rings. The van der Waals surface area contributed by atoms with E-state index in [2.05, 4.69) is 16.7 Å². The first-order chi connectivity index (χ1) is 8.79. The molecule has 0 aliphatic carbocycles. The number of hydrogen-bond acceptors (Lipinski definition) is 3. The molecule has 2 rings (SSSR count). The third-order valence-corrected chi connectivity index (χ3v) is 3.15. The van der Waals surface area contributed by atoms with Gasteiger partial charge in [-0.25, -0.2) is 0 Å². The molecule has 0 saturated carbocycles. The van der Waals surface area contributed by atoms with Gasteiger partial charge in [-0.3, -0.25) is 4.79 Å². The summed E-state index contributed by atoms with van der Waals surface area (Å²) < 4.78 is 0. The summed E-state index contributed by atoms with van der Waals surface area (Å²) in [5.41, 5.74) is 1.58. The van der Waals surface area contributed by atoms with Crippen LogP contribution in [0.2, 0.25) is 0 Å². The molecule has 1 heterocycles. The zero-order chi connectivity index (χ0) is 12.8. The minimum atomic E-state index is -0.0575. The first kappa shape index (κ1) is 12.6. The van der Waals surface area contributed by atoms with Gasteiger partial charge in [0.1, 0.15) is 0 Å². The summed E-state index contributed by atoms with van der Waals surface area (Å²) >= 11 is 0. The highest BCUT2D eigenvalue weighted by molar-refractivity contribution is 5.81. The highest BCUT2D eigenvalue weighted by Crippen LogP contribution is 2.08. The molecule has 1 atom stereocenters. The molecule has 0 aromatic heterocycles. The van der Waals surface area contributed by atoms with Crippen molar-refractivity contribution in [1.29, 1.82) is 5.26 Å². The highest BCUT2D eigenvalue weighted by Gasteiger charge is 2.19. The first-order valence-corrected chi connectivity index (χ1v) is 6.30. The summed E-state index contributed by atoms with van der Waals surface area (Å²) in [6, 6.07) is 9.34. The van der Waals surface area contributed by atoms with Crippen molar-refractivity contribution in [3.05, 3.63) is 35.4 Å². The van der Waals surface area contributed by atoms with Gasteiger partial charge in [0.2, 0.25) is 5.91 Å². The average molecular weight is 243 g/mol. The maximum Gasteiger partial charge on any atom is 0.237 e. The number of carbonyl (C=O) groups is 1. The van der Waals surface area contributed by atoms with Gasteiger partial charge in [-0.05, 0) is 37.1 Å². The highest BCUT2D eigenvalue weighted by atomic mass is 16.2. The second kappa shape index (κ2) is 6.18. The number of hydrogen-bond donors (Lipinski definition) is 2. The molecule has 1 aromatic rings. The summed E-state index contributed by atoms with van der Waals surface area (Å²) in [5, 5.41) is 14.9. The third kappa shape index (κ3) is 3.31. The van der Waals surface area contributed by atoms with Crippen LogP contribution in [0.25, 0.3) is 0 Å². The van der Waals surface area contributed by atoms with E-state index in [1.54, 1.807) is 12.1 Å².